The average Bonchev–Trinajstić information content (AvgIpc) is 2.95. The van der Waals surface area contributed by atoms with Crippen LogP contribution in [-0.2, 0) is 16.6 Å². The Morgan fingerprint density at radius 1 is 1.53 bits per heavy atom. The van der Waals surface area contributed by atoms with Gasteiger partial charge in [-0.25, -0.2) is 13.1 Å². The van der Waals surface area contributed by atoms with Crippen LogP contribution in [0.1, 0.15) is 30.8 Å². The number of aliphatic hydroxyl groups is 1. The van der Waals surface area contributed by atoms with Gasteiger partial charge in [-0.2, -0.15) is 11.8 Å². The fourth-order valence-corrected chi connectivity index (χ4v) is 4.70. The van der Waals surface area contributed by atoms with Crippen LogP contribution in [0.2, 0.25) is 0 Å². The van der Waals surface area contributed by atoms with E-state index in [2.05, 4.69) is 11.0 Å². The summed E-state index contributed by atoms with van der Waals surface area (Å²) in [6.07, 6.45) is 4.83. The minimum absolute atomic E-state index is 0.00525. The van der Waals surface area contributed by atoms with Crippen LogP contribution in [0.15, 0.2) is 15.4 Å². The maximum atomic E-state index is 12.3. The van der Waals surface area contributed by atoms with Crippen molar-refractivity contribution < 1.29 is 17.9 Å². The highest BCUT2D eigenvalue weighted by atomic mass is 32.2. The number of aryl methyl sites for hydroxylation is 1. The van der Waals surface area contributed by atoms with Crippen LogP contribution >= 0.6 is 11.8 Å². The van der Waals surface area contributed by atoms with E-state index in [9.17, 15) is 8.42 Å². The maximum absolute atomic E-state index is 12.3. The third-order valence-electron chi connectivity index (χ3n) is 3.41. The van der Waals surface area contributed by atoms with E-state index in [1.807, 2.05) is 0 Å². The summed E-state index contributed by atoms with van der Waals surface area (Å²) in [5.41, 5.74) is 0. The Morgan fingerprint density at radius 2 is 2.26 bits per heavy atom. The smallest absolute Gasteiger partial charge is 0.244 e. The molecule has 1 aliphatic rings. The Labute approximate surface area is 117 Å². The van der Waals surface area contributed by atoms with E-state index in [0.717, 1.165) is 19.3 Å². The zero-order chi connectivity index (χ0) is 14.0. The number of hydrogen-bond donors (Lipinski definition) is 2. The minimum Gasteiger partial charge on any atom is -0.462 e. The number of aliphatic hydroxyl groups excluding tert-OH is 1. The molecule has 0 spiro atoms. The molecule has 0 saturated heterocycles. The topological polar surface area (TPSA) is 79.5 Å². The van der Waals surface area contributed by atoms with Gasteiger partial charge < -0.3 is 9.52 Å². The van der Waals surface area contributed by atoms with Crippen LogP contribution in [0.4, 0.5) is 0 Å². The third-order valence-corrected chi connectivity index (χ3v) is 6.13. The van der Waals surface area contributed by atoms with Crippen molar-refractivity contribution in [3.63, 3.8) is 0 Å². The zero-order valence-corrected chi connectivity index (χ0v) is 12.7. The quantitative estimate of drug-likeness (QED) is 0.864. The van der Waals surface area contributed by atoms with Gasteiger partial charge in [-0.15, -0.1) is 0 Å². The van der Waals surface area contributed by atoms with Crippen molar-refractivity contribution in [2.24, 2.45) is 0 Å². The molecule has 0 aromatic carbocycles. The number of hydrogen-bond acceptors (Lipinski definition) is 5. The van der Waals surface area contributed by atoms with E-state index in [1.165, 1.54) is 6.07 Å². The first-order valence-electron chi connectivity index (χ1n) is 6.21. The molecule has 1 heterocycles. The third kappa shape index (κ3) is 3.34. The predicted molar refractivity (Wildman–Crippen MR) is 74.6 cm³/mol. The Hall–Kier alpha value is -0.500. The molecule has 0 amide bonds. The molecule has 108 valence electrons. The summed E-state index contributed by atoms with van der Waals surface area (Å²) in [6.45, 7) is 1.29. The van der Waals surface area contributed by atoms with E-state index in [-0.39, 0.29) is 23.3 Å². The summed E-state index contributed by atoms with van der Waals surface area (Å²) in [4.78, 5) is 0.129. The molecule has 1 aliphatic carbocycles. The van der Waals surface area contributed by atoms with Crippen molar-refractivity contribution in [1.29, 1.82) is 0 Å². The van der Waals surface area contributed by atoms with Gasteiger partial charge in [-0.3, -0.25) is 0 Å². The molecule has 0 radical (unpaired) electrons. The minimum atomic E-state index is -3.56. The lowest BCUT2D eigenvalue weighted by molar-refractivity contribution is 0.244. The lowest BCUT2D eigenvalue weighted by Gasteiger charge is -2.12. The van der Waals surface area contributed by atoms with Crippen molar-refractivity contribution in [3.8, 4) is 0 Å². The number of rotatable bonds is 5. The fourth-order valence-electron chi connectivity index (χ4n) is 2.41. The van der Waals surface area contributed by atoms with Crippen LogP contribution in [-0.4, -0.2) is 31.1 Å². The Morgan fingerprint density at radius 3 is 2.79 bits per heavy atom. The number of furan rings is 1. The molecule has 2 rings (SSSR count). The maximum Gasteiger partial charge on any atom is 0.244 e. The number of sulfonamides is 1. The van der Waals surface area contributed by atoms with E-state index in [4.69, 9.17) is 9.52 Å². The standard InChI is InChI=1S/C12H19NO4S2/c1-8-12(6-10(7-14)17-8)19(15,16)13-9-3-4-11(5-9)18-2/h6,9,11,13-14H,3-5,7H2,1-2H3. The molecule has 1 aromatic heterocycles. The molecule has 5 nitrogen and oxygen atoms in total. The van der Waals surface area contributed by atoms with Gasteiger partial charge in [0.15, 0.2) is 0 Å². The molecule has 1 fully saturated rings. The number of nitrogens with one attached hydrogen (secondary N) is 1. The lowest BCUT2D eigenvalue weighted by atomic mass is 10.3. The van der Waals surface area contributed by atoms with E-state index in [1.54, 1.807) is 18.7 Å². The van der Waals surface area contributed by atoms with Crippen molar-refractivity contribution in [2.75, 3.05) is 6.26 Å². The van der Waals surface area contributed by atoms with Crippen molar-refractivity contribution in [3.05, 3.63) is 17.6 Å². The summed E-state index contributed by atoms with van der Waals surface area (Å²) >= 11 is 1.78. The van der Waals surface area contributed by atoms with E-state index < -0.39 is 10.0 Å². The van der Waals surface area contributed by atoms with Gasteiger partial charge in [0.1, 0.15) is 23.0 Å². The van der Waals surface area contributed by atoms with E-state index >= 15 is 0 Å². The van der Waals surface area contributed by atoms with Crippen LogP contribution in [0.5, 0.6) is 0 Å². The second-order valence-corrected chi connectivity index (χ2v) is 7.60. The van der Waals surface area contributed by atoms with Gasteiger partial charge in [-0.05, 0) is 32.4 Å². The second kappa shape index (κ2) is 5.87. The lowest BCUT2D eigenvalue weighted by Crippen LogP contribution is -2.33. The highest BCUT2D eigenvalue weighted by molar-refractivity contribution is 7.99. The van der Waals surface area contributed by atoms with Gasteiger partial charge in [0, 0.05) is 17.4 Å². The van der Waals surface area contributed by atoms with Gasteiger partial charge in [-0.1, -0.05) is 0 Å². The SMILES string of the molecule is CSC1CCC(NS(=O)(=O)c2cc(CO)oc2C)C1. The van der Waals surface area contributed by atoms with Crippen molar-refractivity contribution >= 4 is 21.8 Å². The normalized spacial score (nSPS) is 23.9. The first-order chi connectivity index (χ1) is 8.96. The van der Waals surface area contributed by atoms with Gasteiger partial charge in [0.05, 0.1) is 0 Å². The molecular formula is C12H19NO4S2. The van der Waals surface area contributed by atoms with Crippen LogP contribution in [0, 0.1) is 6.92 Å². The second-order valence-electron chi connectivity index (χ2n) is 4.78. The van der Waals surface area contributed by atoms with Gasteiger partial charge in [0.2, 0.25) is 10.0 Å². The summed E-state index contributed by atoms with van der Waals surface area (Å²) < 4.78 is 32.5. The molecule has 1 aromatic rings. The largest absolute Gasteiger partial charge is 0.462 e. The van der Waals surface area contributed by atoms with Crippen LogP contribution < -0.4 is 4.72 Å². The first kappa shape index (κ1) is 14.9. The van der Waals surface area contributed by atoms with Crippen LogP contribution in [0.3, 0.4) is 0 Å². The average molecular weight is 305 g/mol. The summed E-state index contributed by atoms with van der Waals surface area (Å²) in [7, 11) is -3.56. The molecule has 2 atom stereocenters. The Bertz CT molecular complexity index is 538. The molecule has 1 saturated carbocycles. The zero-order valence-electron chi connectivity index (χ0n) is 11.0. The van der Waals surface area contributed by atoms with E-state index in [0.29, 0.717) is 11.0 Å². The highest BCUT2D eigenvalue weighted by Gasteiger charge is 2.30. The molecule has 19 heavy (non-hydrogen) atoms. The highest BCUT2D eigenvalue weighted by Crippen LogP contribution is 2.29. The first-order valence-corrected chi connectivity index (χ1v) is 8.98. The molecule has 2 unspecified atom stereocenters. The summed E-state index contributed by atoms with van der Waals surface area (Å²) in [5.74, 6) is 0.585. The van der Waals surface area contributed by atoms with Gasteiger partial charge >= 0.3 is 0 Å². The molecular weight excluding hydrogens is 286 g/mol. The van der Waals surface area contributed by atoms with Crippen molar-refractivity contribution in [2.45, 2.75) is 49.0 Å². The molecule has 7 heteroatoms. The Kier molecular flexibility index (Phi) is 4.60. The fraction of sp³-hybridized carbons (Fsp3) is 0.667. The molecule has 0 bridgehead atoms. The molecule has 2 N–H and O–H groups in total. The monoisotopic (exact) mass is 305 g/mol. The molecule has 0 aliphatic heterocycles. The van der Waals surface area contributed by atoms with Gasteiger partial charge in [0.25, 0.3) is 0 Å². The number of thioether (sulfide) groups is 1. The van der Waals surface area contributed by atoms with Crippen LogP contribution in [0.25, 0.3) is 0 Å². The van der Waals surface area contributed by atoms with Crippen molar-refractivity contribution in [1.82, 2.24) is 4.72 Å². The summed E-state index contributed by atoms with van der Waals surface area (Å²) in [5, 5.41) is 9.51. The predicted octanol–water partition coefficient (Wildman–Crippen LogP) is 1.64. The Balaban J connectivity index is 2.12. The summed E-state index contributed by atoms with van der Waals surface area (Å²) in [6, 6.07) is 1.38.